The zero-order valence-corrected chi connectivity index (χ0v) is 27.5. The lowest BCUT2D eigenvalue weighted by Gasteiger charge is -2.30. The Morgan fingerprint density at radius 1 is 0.550 bits per heavy atom. The summed E-state index contributed by atoms with van der Waals surface area (Å²) in [6, 6.07) is 10.9. The number of rotatable bonds is 27. The van der Waals surface area contributed by atoms with Crippen LogP contribution in [-0.4, -0.2) is 31.1 Å². The average Bonchev–Trinajstić information content (AvgIpc) is 2.93. The van der Waals surface area contributed by atoms with Gasteiger partial charge in [0.25, 0.3) is 0 Å². The van der Waals surface area contributed by atoms with E-state index in [0.717, 1.165) is 23.9 Å². The molecule has 0 atom stereocenters. The van der Waals surface area contributed by atoms with Crippen LogP contribution in [0.1, 0.15) is 174 Å². The van der Waals surface area contributed by atoms with Crippen LogP contribution in [-0.2, 0) is 11.3 Å². The van der Waals surface area contributed by atoms with Crippen molar-refractivity contribution in [2.24, 2.45) is 0 Å². The highest BCUT2D eigenvalue weighted by molar-refractivity contribution is 5.64. The summed E-state index contributed by atoms with van der Waals surface area (Å²) >= 11 is 0. The van der Waals surface area contributed by atoms with Crippen molar-refractivity contribution in [3.8, 4) is 0 Å². The Bertz CT molecular complexity index is 643. The van der Waals surface area contributed by atoms with Gasteiger partial charge >= 0.3 is 0 Å². The van der Waals surface area contributed by atoms with E-state index in [2.05, 4.69) is 58.3 Å². The van der Waals surface area contributed by atoms with Crippen molar-refractivity contribution in [1.29, 1.82) is 0 Å². The minimum absolute atomic E-state index is 0.232. The van der Waals surface area contributed by atoms with Crippen LogP contribution in [0.15, 0.2) is 30.3 Å². The minimum atomic E-state index is -0.909. The first kappa shape index (κ1) is 38.6. The third-order valence-corrected chi connectivity index (χ3v) is 8.05. The SMILES string of the molecule is CCCCCCCCCCCC(=O)[O-].CCCCCCCCCCCCCCCC[N+](C)(C)Cc1ccccc1. The molecule has 0 amide bonds. The minimum Gasteiger partial charge on any atom is -0.550 e. The molecule has 0 radical (unpaired) electrons. The zero-order valence-electron chi connectivity index (χ0n) is 27.5. The van der Waals surface area contributed by atoms with E-state index in [1.54, 1.807) is 0 Å². The largest absolute Gasteiger partial charge is 0.550 e. The Kier molecular flexibility index (Phi) is 28.2. The molecule has 3 heteroatoms. The molecule has 40 heavy (non-hydrogen) atoms. The van der Waals surface area contributed by atoms with Crippen LogP contribution in [0, 0.1) is 0 Å². The molecular formula is C37H69NO2. The molecule has 1 aromatic carbocycles. The molecule has 3 nitrogen and oxygen atoms in total. The van der Waals surface area contributed by atoms with Gasteiger partial charge in [-0.1, -0.05) is 173 Å². The van der Waals surface area contributed by atoms with Gasteiger partial charge in [-0.05, 0) is 25.7 Å². The van der Waals surface area contributed by atoms with Crippen molar-refractivity contribution in [2.75, 3.05) is 20.6 Å². The van der Waals surface area contributed by atoms with Gasteiger partial charge in [0.1, 0.15) is 6.54 Å². The smallest absolute Gasteiger partial charge is 0.104 e. The molecule has 0 spiro atoms. The molecule has 1 aromatic rings. The number of carboxylic acid groups (broad SMARTS) is 1. The Balaban J connectivity index is 0.000000919. The van der Waals surface area contributed by atoms with Crippen molar-refractivity contribution in [3.05, 3.63) is 35.9 Å². The third kappa shape index (κ3) is 29.6. The predicted octanol–water partition coefficient (Wildman–Crippen LogP) is 10.4. The van der Waals surface area contributed by atoms with Crippen molar-refractivity contribution < 1.29 is 14.4 Å². The summed E-state index contributed by atoms with van der Waals surface area (Å²) in [5.74, 6) is -0.909. The third-order valence-electron chi connectivity index (χ3n) is 8.05. The fraction of sp³-hybridized carbons (Fsp3) is 0.811. The van der Waals surface area contributed by atoms with E-state index in [4.69, 9.17) is 0 Å². The summed E-state index contributed by atoms with van der Waals surface area (Å²) in [6.07, 6.45) is 31.3. The van der Waals surface area contributed by atoms with E-state index in [1.807, 2.05) is 0 Å². The molecule has 0 aliphatic rings. The molecule has 0 unspecified atom stereocenters. The number of carboxylic acids is 1. The molecule has 0 fully saturated rings. The Morgan fingerprint density at radius 2 is 0.900 bits per heavy atom. The standard InChI is InChI=1S/C25H46N.C12H24O2/c1-4-5-6-7-8-9-10-11-12-13-14-15-16-20-23-26(2,3)24-25-21-18-17-19-22-25;1-2-3-4-5-6-7-8-9-10-11-12(13)14/h17-19,21-22H,4-16,20,23-24H2,1-3H3;2-11H2,1H3,(H,13,14)/q+1;/p-1. The second kappa shape index (κ2) is 29.2. The van der Waals surface area contributed by atoms with Crippen LogP contribution in [0.3, 0.4) is 0 Å². The number of unbranched alkanes of at least 4 members (excludes halogenated alkanes) is 21. The lowest BCUT2D eigenvalue weighted by molar-refractivity contribution is -0.903. The Morgan fingerprint density at radius 3 is 1.27 bits per heavy atom. The van der Waals surface area contributed by atoms with Gasteiger partial charge in [0.2, 0.25) is 0 Å². The topological polar surface area (TPSA) is 40.1 Å². The molecular weight excluding hydrogens is 490 g/mol. The van der Waals surface area contributed by atoms with Gasteiger partial charge in [-0.15, -0.1) is 0 Å². The van der Waals surface area contributed by atoms with E-state index >= 15 is 0 Å². The lowest BCUT2D eigenvalue weighted by atomic mass is 10.0. The van der Waals surface area contributed by atoms with E-state index < -0.39 is 5.97 Å². The highest BCUT2D eigenvalue weighted by Gasteiger charge is 2.14. The van der Waals surface area contributed by atoms with Crippen molar-refractivity contribution in [3.63, 3.8) is 0 Å². The average molecular weight is 560 g/mol. The fourth-order valence-electron chi connectivity index (χ4n) is 5.47. The van der Waals surface area contributed by atoms with Crippen molar-refractivity contribution in [2.45, 2.75) is 174 Å². The maximum Gasteiger partial charge on any atom is 0.104 e. The summed E-state index contributed by atoms with van der Waals surface area (Å²) in [6.45, 7) is 6.97. The van der Waals surface area contributed by atoms with Gasteiger partial charge in [0.15, 0.2) is 0 Å². The van der Waals surface area contributed by atoms with Crippen LogP contribution in [0.2, 0.25) is 0 Å². The Hall–Kier alpha value is -1.35. The van der Waals surface area contributed by atoms with E-state index in [1.165, 1.54) is 147 Å². The maximum atomic E-state index is 10.1. The monoisotopic (exact) mass is 560 g/mol. The first-order chi connectivity index (χ1) is 19.4. The molecule has 1 rings (SSSR count). The van der Waals surface area contributed by atoms with E-state index in [-0.39, 0.29) is 6.42 Å². The van der Waals surface area contributed by atoms with E-state index in [0.29, 0.717) is 0 Å². The molecule has 0 aliphatic heterocycles. The molecule has 0 saturated carbocycles. The second-order valence-electron chi connectivity index (χ2n) is 12.8. The van der Waals surface area contributed by atoms with Crippen LogP contribution < -0.4 is 5.11 Å². The van der Waals surface area contributed by atoms with Gasteiger partial charge in [-0.2, -0.15) is 0 Å². The zero-order chi connectivity index (χ0) is 29.6. The van der Waals surface area contributed by atoms with Crippen LogP contribution in [0.4, 0.5) is 0 Å². The van der Waals surface area contributed by atoms with Gasteiger partial charge in [-0.3, -0.25) is 0 Å². The predicted molar refractivity (Wildman–Crippen MR) is 174 cm³/mol. The Labute approximate surface area is 251 Å². The summed E-state index contributed by atoms with van der Waals surface area (Å²) in [7, 11) is 4.74. The highest BCUT2D eigenvalue weighted by Crippen LogP contribution is 2.15. The second-order valence-corrected chi connectivity index (χ2v) is 12.8. The number of nitrogens with zero attached hydrogens (tertiary/aromatic N) is 1. The molecule has 0 saturated heterocycles. The normalized spacial score (nSPS) is 11.3. The van der Waals surface area contributed by atoms with Crippen molar-refractivity contribution >= 4 is 5.97 Å². The first-order valence-corrected chi connectivity index (χ1v) is 17.5. The number of carbonyl (C=O) groups is 1. The number of aliphatic carboxylic acids is 1. The molecule has 0 bridgehead atoms. The first-order valence-electron chi connectivity index (χ1n) is 17.5. The molecule has 234 valence electrons. The van der Waals surface area contributed by atoms with Crippen molar-refractivity contribution in [1.82, 2.24) is 0 Å². The lowest BCUT2D eigenvalue weighted by Crippen LogP contribution is -2.39. The summed E-state index contributed by atoms with van der Waals surface area (Å²) < 4.78 is 1.11. The maximum absolute atomic E-state index is 10.1. The number of hydrogen-bond acceptors (Lipinski definition) is 2. The van der Waals surface area contributed by atoms with Gasteiger partial charge < -0.3 is 14.4 Å². The molecule has 0 N–H and O–H groups in total. The van der Waals surface area contributed by atoms with E-state index in [9.17, 15) is 9.90 Å². The summed E-state index contributed by atoms with van der Waals surface area (Å²) in [5.41, 5.74) is 1.46. The summed E-state index contributed by atoms with van der Waals surface area (Å²) in [4.78, 5) is 10.1. The number of benzene rings is 1. The van der Waals surface area contributed by atoms with Gasteiger partial charge in [0, 0.05) is 11.5 Å². The quantitative estimate of drug-likeness (QED) is 0.0794. The molecule has 0 aliphatic carbocycles. The molecule has 0 heterocycles. The van der Waals surface area contributed by atoms with Crippen LogP contribution >= 0.6 is 0 Å². The van der Waals surface area contributed by atoms with Crippen LogP contribution in [0.25, 0.3) is 0 Å². The number of carbonyl (C=O) groups excluding carboxylic acids is 1. The highest BCUT2D eigenvalue weighted by atomic mass is 16.4. The van der Waals surface area contributed by atoms with Crippen LogP contribution in [0.5, 0.6) is 0 Å². The van der Waals surface area contributed by atoms with Gasteiger partial charge in [0.05, 0.1) is 20.6 Å². The van der Waals surface area contributed by atoms with Gasteiger partial charge in [-0.25, -0.2) is 0 Å². The fourth-order valence-corrected chi connectivity index (χ4v) is 5.47. The molecule has 0 aromatic heterocycles. The number of quaternary nitrogens is 1. The summed E-state index contributed by atoms with van der Waals surface area (Å²) in [5, 5.41) is 10.1. The number of hydrogen-bond donors (Lipinski definition) is 0.